The minimum atomic E-state index is -0.584. The van der Waals surface area contributed by atoms with Gasteiger partial charge in [-0.15, -0.1) is 0 Å². The molecule has 2 aromatic rings. The Balaban J connectivity index is 1.16. The third kappa shape index (κ3) is 4.24. The van der Waals surface area contributed by atoms with Crippen LogP contribution in [-0.2, 0) is 15.0 Å². The lowest BCUT2D eigenvalue weighted by Gasteiger charge is -2.39. The van der Waals surface area contributed by atoms with Crippen LogP contribution in [0.4, 0.5) is 5.69 Å². The highest BCUT2D eigenvalue weighted by Crippen LogP contribution is 2.49. The van der Waals surface area contributed by atoms with Gasteiger partial charge in [-0.3, -0.25) is 14.5 Å². The van der Waals surface area contributed by atoms with Gasteiger partial charge in [0.2, 0.25) is 5.91 Å². The Labute approximate surface area is 195 Å². The number of para-hydroxylation sites is 1. The molecule has 0 spiro atoms. The van der Waals surface area contributed by atoms with Gasteiger partial charge in [-0.05, 0) is 31.5 Å². The Morgan fingerprint density at radius 2 is 1.88 bits per heavy atom. The van der Waals surface area contributed by atoms with Crippen molar-refractivity contribution in [1.29, 1.82) is 0 Å². The van der Waals surface area contributed by atoms with Crippen molar-refractivity contribution in [2.24, 2.45) is 0 Å². The number of Topliss-reactive ketones (excluding diaryl/α,β-unsaturated/α-hetero) is 1. The number of nitrogens with zero attached hydrogens (tertiary/aromatic N) is 2. The van der Waals surface area contributed by atoms with E-state index in [-0.39, 0.29) is 23.2 Å². The molecule has 33 heavy (non-hydrogen) atoms. The molecule has 2 aromatic carbocycles. The zero-order valence-corrected chi connectivity index (χ0v) is 19.5. The highest BCUT2D eigenvalue weighted by molar-refractivity contribution is 5.91. The van der Waals surface area contributed by atoms with Crippen molar-refractivity contribution in [3.8, 4) is 5.75 Å². The van der Waals surface area contributed by atoms with E-state index in [0.717, 1.165) is 43.9 Å². The smallest absolute Gasteiger partial charge is 0.221 e. The molecule has 174 valence electrons. The Kier molecular flexibility index (Phi) is 5.87. The summed E-state index contributed by atoms with van der Waals surface area (Å²) in [5.74, 6) is 0.851. The number of nitrogens with one attached hydrogen (secondary N) is 1. The van der Waals surface area contributed by atoms with Gasteiger partial charge in [-0.25, -0.2) is 0 Å². The molecule has 1 amide bonds. The maximum absolute atomic E-state index is 12.8. The van der Waals surface area contributed by atoms with E-state index >= 15 is 0 Å². The van der Waals surface area contributed by atoms with E-state index in [9.17, 15) is 9.59 Å². The van der Waals surface area contributed by atoms with Crippen LogP contribution in [0.15, 0.2) is 48.5 Å². The average Bonchev–Trinajstić information content (AvgIpc) is 3.13. The number of ether oxygens (including phenoxy) is 1. The van der Waals surface area contributed by atoms with Crippen LogP contribution < -0.4 is 15.0 Å². The molecular weight excluding hydrogens is 414 g/mol. The van der Waals surface area contributed by atoms with E-state index in [1.165, 1.54) is 11.3 Å². The zero-order valence-electron chi connectivity index (χ0n) is 19.5. The zero-order chi connectivity index (χ0) is 23.0. The lowest BCUT2D eigenvalue weighted by Crippen LogP contribution is -2.59. The van der Waals surface area contributed by atoms with Crippen molar-refractivity contribution < 1.29 is 14.3 Å². The normalized spacial score (nSPS) is 27.0. The molecule has 5 rings (SSSR count). The van der Waals surface area contributed by atoms with Crippen molar-refractivity contribution >= 4 is 17.4 Å². The summed E-state index contributed by atoms with van der Waals surface area (Å²) in [6.45, 7) is 8.73. The quantitative estimate of drug-likeness (QED) is 0.763. The lowest BCUT2D eigenvalue weighted by atomic mass is 9.67. The number of benzene rings is 2. The van der Waals surface area contributed by atoms with Crippen molar-refractivity contribution in [2.75, 3.05) is 37.6 Å². The van der Waals surface area contributed by atoms with Gasteiger partial charge < -0.3 is 15.0 Å². The van der Waals surface area contributed by atoms with E-state index in [1.807, 2.05) is 18.2 Å². The highest BCUT2D eigenvalue weighted by Gasteiger charge is 2.54. The van der Waals surface area contributed by atoms with Crippen molar-refractivity contribution in [3.05, 3.63) is 59.7 Å². The summed E-state index contributed by atoms with van der Waals surface area (Å²) in [7, 11) is 0. The molecule has 0 aromatic heterocycles. The van der Waals surface area contributed by atoms with E-state index in [1.54, 1.807) is 0 Å². The van der Waals surface area contributed by atoms with Gasteiger partial charge in [0.25, 0.3) is 0 Å². The summed E-state index contributed by atoms with van der Waals surface area (Å²) < 4.78 is 6.25. The van der Waals surface area contributed by atoms with E-state index in [4.69, 9.17) is 4.74 Å². The first-order chi connectivity index (χ1) is 15.9. The van der Waals surface area contributed by atoms with E-state index < -0.39 is 6.04 Å². The second-order valence-electron chi connectivity index (χ2n) is 9.88. The summed E-state index contributed by atoms with van der Waals surface area (Å²) in [4.78, 5) is 30.4. The SMILES string of the molecule is Cc1ccc2c(c1)[C@]1(C)CCC(=O)[C@H](NC(=O)CCN3CCN(c4ccccc4)CC3)[C@@H]1O2. The van der Waals surface area contributed by atoms with Crippen LogP contribution in [0.3, 0.4) is 0 Å². The monoisotopic (exact) mass is 447 g/mol. The first-order valence-corrected chi connectivity index (χ1v) is 12.1. The topological polar surface area (TPSA) is 61.9 Å². The maximum Gasteiger partial charge on any atom is 0.221 e. The van der Waals surface area contributed by atoms with Gasteiger partial charge in [-0.2, -0.15) is 0 Å². The number of fused-ring (bicyclic) bond motifs is 3. The van der Waals surface area contributed by atoms with Crippen LogP contribution in [0.25, 0.3) is 0 Å². The first kappa shape index (κ1) is 22.0. The summed E-state index contributed by atoms with van der Waals surface area (Å²) in [5, 5.41) is 3.04. The second-order valence-corrected chi connectivity index (χ2v) is 9.88. The summed E-state index contributed by atoms with van der Waals surface area (Å²) in [5.41, 5.74) is 3.35. The summed E-state index contributed by atoms with van der Waals surface area (Å²) in [6.07, 6.45) is 1.28. The predicted molar refractivity (Wildman–Crippen MR) is 129 cm³/mol. The average molecular weight is 448 g/mol. The molecule has 6 heteroatoms. The van der Waals surface area contributed by atoms with Crippen LogP contribution in [0.1, 0.15) is 37.3 Å². The number of aryl methyl sites for hydroxylation is 1. The number of anilines is 1. The number of hydrogen-bond donors (Lipinski definition) is 1. The molecule has 2 heterocycles. The van der Waals surface area contributed by atoms with Crippen LogP contribution >= 0.6 is 0 Å². The molecule has 1 saturated carbocycles. The van der Waals surface area contributed by atoms with Crippen molar-refractivity contribution in [2.45, 2.75) is 50.7 Å². The fourth-order valence-corrected chi connectivity index (χ4v) is 5.56. The molecule has 6 nitrogen and oxygen atoms in total. The molecule has 2 aliphatic heterocycles. The van der Waals surface area contributed by atoms with Crippen molar-refractivity contribution in [3.63, 3.8) is 0 Å². The lowest BCUT2D eigenvalue weighted by molar-refractivity contribution is -0.133. The van der Waals surface area contributed by atoms with Gasteiger partial charge in [-0.1, -0.05) is 42.8 Å². The Morgan fingerprint density at radius 3 is 2.64 bits per heavy atom. The number of amides is 1. The molecule has 3 atom stereocenters. The van der Waals surface area contributed by atoms with Gasteiger partial charge >= 0.3 is 0 Å². The standard InChI is InChI=1S/C27H33N3O3/c1-19-8-9-23-21(18-19)27(2)12-10-22(31)25(26(27)33-23)28-24(32)11-13-29-14-16-30(17-15-29)20-6-4-3-5-7-20/h3-9,18,25-26H,10-17H2,1-2H3,(H,28,32)/t25-,26-,27-/m0/s1. The minimum absolute atomic E-state index is 0.0705. The minimum Gasteiger partial charge on any atom is -0.487 e. The Bertz CT molecular complexity index is 1030. The van der Waals surface area contributed by atoms with Crippen molar-refractivity contribution in [1.82, 2.24) is 10.2 Å². The molecule has 0 radical (unpaired) electrons. The summed E-state index contributed by atoms with van der Waals surface area (Å²) >= 11 is 0. The van der Waals surface area contributed by atoms with E-state index in [2.05, 4.69) is 59.3 Å². The van der Waals surface area contributed by atoms with Crippen LogP contribution in [0.2, 0.25) is 0 Å². The number of rotatable bonds is 5. The molecule has 2 fully saturated rings. The predicted octanol–water partition coefficient (Wildman–Crippen LogP) is 3.07. The van der Waals surface area contributed by atoms with E-state index in [0.29, 0.717) is 19.4 Å². The third-order valence-corrected chi connectivity index (χ3v) is 7.64. The third-order valence-electron chi connectivity index (χ3n) is 7.64. The van der Waals surface area contributed by atoms with Gasteiger partial charge in [0.05, 0.1) is 0 Å². The molecule has 1 N–H and O–H groups in total. The number of hydrogen-bond acceptors (Lipinski definition) is 5. The molecule has 0 bridgehead atoms. The molecule has 1 saturated heterocycles. The van der Waals surface area contributed by atoms with Crippen LogP contribution in [0.5, 0.6) is 5.75 Å². The molecule has 1 aliphatic carbocycles. The highest BCUT2D eigenvalue weighted by atomic mass is 16.5. The largest absolute Gasteiger partial charge is 0.487 e. The van der Waals surface area contributed by atoms with Crippen LogP contribution in [0, 0.1) is 6.92 Å². The fraction of sp³-hybridized carbons (Fsp3) is 0.481. The first-order valence-electron chi connectivity index (χ1n) is 12.1. The number of carbonyl (C=O) groups excluding carboxylic acids is 2. The van der Waals surface area contributed by atoms with Gasteiger partial charge in [0.1, 0.15) is 17.9 Å². The number of carbonyl (C=O) groups is 2. The number of piperazine rings is 1. The Hall–Kier alpha value is -2.86. The van der Waals surface area contributed by atoms with Gasteiger partial charge in [0, 0.05) is 62.2 Å². The Morgan fingerprint density at radius 1 is 1.12 bits per heavy atom. The summed E-state index contributed by atoms with van der Waals surface area (Å²) in [6, 6.07) is 16.1. The van der Waals surface area contributed by atoms with Crippen LogP contribution in [-0.4, -0.2) is 61.5 Å². The van der Waals surface area contributed by atoms with Gasteiger partial charge in [0.15, 0.2) is 5.78 Å². The second kappa shape index (κ2) is 8.82. The molecule has 3 aliphatic rings. The fourth-order valence-electron chi connectivity index (χ4n) is 5.56. The molecule has 0 unspecified atom stereocenters. The molecular formula is C27H33N3O3. The number of ketones is 1. The maximum atomic E-state index is 12.8.